The van der Waals surface area contributed by atoms with E-state index in [1.807, 2.05) is 36.4 Å². The zero-order chi connectivity index (χ0) is 12.8. The maximum atomic E-state index is 5.25. The van der Waals surface area contributed by atoms with E-state index in [9.17, 15) is 0 Å². The first-order chi connectivity index (χ1) is 8.75. The highest BCUT2D eigenvalue weighted by molar-refractivity contribution is 7.80. The van der Waals surface area contributed by atoms with Crippen LogP contribution in [0.1, 0.15) is 18.5 Å². The molecule has 0 unspecified atom stereocenters. The lowest BCUT2D eigenvalue weighted by atomic mass is 10.1. The van der Waals surface area contributed by atoms with Crippen LogP contribution in [0.2, 0.25) is 0 Å². The summed E-state index contributed by atoms with van der Waals surface area (Å²) in [5.74, 6) is 0.746. The summed E-state index contributed by atoms with van der Waals surface area (Å²) in [7, 11) is 0. The van der Waals surface area contributed by atoms with Crippen molar-refractivity contribution in [1.29, 1.82) is 0 Å². The van der Waals surface area contributed by atoms with Crippen molar-refractivity contribution in [3.05, 3.63) is 60.3 Å². The fourth-order valence-corrected chi connectivity index (χ4v) is 1.89. The molecule has 4 heteroatoms. The number of nitrogens with one attached hydrogen (secondary N) is 2. The molecule has 0 bridgehead atoms. The average Bonchev–Trinajstić information content (AvgIpc) is 2.40. The summed E-state index contributed by atoms with van der Waals surface area (Å²) >= 11 is 5.25. The SMILES string of the molecule is C[C@H](NC(=S)Nc1ccccn1)c1ccccc1. The van der Waals surface area contributed by atoms with Gasteiger partial charge in [0.05, 0.1) is 6.04 Å². The molecule has 0 saturated heterocycles. The van der Waals surface area contributed by atoms with E-state index >= 15 is 0 Å². The summed E-state index contributed by atoms with van der Waals surface area (Å²) in [5, 5.41) is 6.85. The summed E-state index contributed by atoms with van der Waals surface area (Å²) in [6, 6.07) is 16.0. The number of benzene rings is 1. The van der Waals surface area contributed by atoms with Crippen molar-refractivity contribution in [3.8, 4) is 0 Å². The van der Waals surface area contributed by atoms with Gasteiger partial charge < -0.3 is 10.6 Å². The Hall–Kier alpha value is -1.94. The topological polar surface area (TPSA) is 37.0 Å². The predicted octanol–water partition coefficient (Wildman–Crippen LogP) is 3.13. The molecule has 0 saturated carbocycles. The second-order valence-electron chi connectivity index (χ2n) is 3.95. The molecule has 0 aliphatic carbocycles. The Morgan fingerprint density at radius 1 is 1.11 bits per heavy atom. The first kappa shape index (κ1) is 12.5. The highest BCUT2D eigenvalue weighted by Gasteiger charge is 2.06. The first-order valence-corrected chi connectivity index (χ1v) is 6.20. The maximum absolute atomic E-state index is 5.25. The van der Waals surface area contributed by atoms with Crippen LogP contribution in [0.25, 0.3) is 0 Å². The number of thiocarbonyl (C=S) groups is 1. The van der Waals surface area contributed by atoms with Gasteiger partial charge in [-0.3, -0.25) is 0 Å². The molecular weight excluding hydrogens is 242 g/mol. The molecule has 0 amide bonds. The second-order valence-corrected chi connectivity index (χ2v) is 4.35. The summed E-state index contributed by atoms with van der Waals surface area (Å²) in [5.41, 5.74) is 1.20. The van der Waals surface area contributed by atoms with Crippen LogP contribution in [0, 0.1) is 0 Å². The molecule has 1 aromatic heterocycles. The van der Waals surface area contributed by atoms with Crippen LogP contribution in [0.5, 0.6) is 0 Å². The van der Waals surface area contributed by atoms with E-state index in [0.29, 0.717) is 5.11 Å². The van der Waals surface area contributed by atoms with Gasteiger partial charge in [-0.2, -0.15) is 0 Å². The van der Waals surface area contributed by atoms with Gasteiger partial charge in [0, 0.05) is 6.20 Å². The van der Waals surface area contributed by atoms with Gasteiger partial charge in [-0.15, -0.1) is 0 Å². The third kappa shape index (κ3) is 3.53. The van der Waals surface area contributed by atoms with Gasteiger partial charge >= 0.3 is 0 Å². The van der Waals surface area contributed by atoms with Gasteiger partial charge in [0.15, 0.2) is 5.11 Å². The van der Waals surface area contributed by atoms with Gasteiger partial charge in [0.2, 0.25) is 0 Å². The molecule has 0 aliphatic rings. The average molecular weight is 257 g/mol. The molecule has 1 heterocycles. The van der Waals surface area contributed by atoms with Gasteiger partial charge in [-0.25, -0.2) is 4.98 Å². The maximum Gasteiger partial charge on any atom is 0.172 e. The van der Waals surface area contributed by atoms with E-state index < -0.39 is 0 Å². The molecule has 0 aliphatic heterocycles. The van der Waals surface area contributed by atoms with Crippen molar-refractivity contribution in [2.45, 2.75) is 13.0 Å². The van der Waals surface area contributed by atoms with Crippen molar-refractivity contribution in [1.82, 2.24) is 10.3 Å². The number of aromatic nitrogens is 1. The Morgan fingerprint density at radius 3 is 2.50 bits per heavy atom. The van der Waals surface area contributed by atoms with Crippen LogP contribution >= 0.6 is 12.2 Å². The Bertz CT molecular complexity index is 499. The van der Waals surface area contributed by atoms with Crippen LogP contribution < -0.4 is 10.6 Å². The van der Waals surface area contributed by atoms with Gasteiger partial charge in [-0.05, 0) is 36.8 Å². The summed E-state index contributed by atoms with van der Waals surface area (Å²) in [4.78, 5) is 4.16. The lowest BCUT2D eigenvalue weighted by Gasteiger charge is -2.16. The monoisotopic (exact) mass is 257 g/mol. The molecule has 1 atom stereocenters. The minimum atomic E-state index is 0.162. The van der Waals surface area contributed by atoms with Crippen molar-refractivity contribution in [2.24, 2.45) is 0 Å². The number of pyridine rings is 1. The molecule has 0 radical (unpaired) electrons. The Morgan fingerprint density at radius 2 is 1.83 bits per heavy atom. The Balaban J connectivity index is 1.92. The summed E-state index contributed by atoms with van der Waals surface area (Å²) in [6.45, 7) is 2.07. The zero-order valence-corrected chi connectivity index (χ0v) is 10.9. The first-order valence-electron chi connectivity index (χ1n) is 5.79. The lowest BCUT2D eigenvalue weighted by molar-refractivity contribution is 0.722. The molecule has 2 aromatic rings. The molecule has 0 fully saturated rings. The number of hydrogen-bond donors (Lipinski definition) is 2. The standard InChI is InChI=1S/C14H15N3S/c1-11(12-7-3-2-4-8-12)16-14(18)17-13-9-5-6-10-15-13/h2-11H,1H3,(H2,15,16,17,18)/t11-/m0/s1. The smallest absolute Gasteiger partial charge is 0.172 e. The molecule has 3 nitrogen and oxygen atoms in total. The molecular formula is C14H15N3S. The minimum absolute atomic E-state index is 0.162. The predicted molar refractivity (Wildman–Crippen MR) is 78.5 cm³/mol. The van der Waals surface area contributed by atoms with E-state index in [0.717, 1.165) is 5.82 Å². The molecule has 1 aromatic carbocycles. The van der Waals surface area contributed by atoms with E-state index in [1.165, 1.54) is 5.56 Å². The summed E-state index contributed by atoms with van der Waals surface area (Å²) in [6.07, 6.45) is 1.73. The third-order valence-corrected chi connectivity index (χ3v) is 2.77. The fourth-order valence-electron chi connectivity index (χ4n) is 1.61. The van der Waals surface area contributed by atoms with E-state index in [1.54, 1.807) is 6.20 Å². The van der Waals surface area contributed by atoms with E-state index in [4.69, 9.17) is 12.2 Å². The number of nitrogens with zero attached hydrogens (tertiary/aromatic N) is 1. The Kier molecular flexibility index (Phi) is 4.25. The van der Waals surface area contributed by atoms with E-state index in [-0.39, 0.29) is 6.04 Å². The van der Waals surface area contributed by atoms with Gasteiger partial charge in [-0.1, -0.05) is 36.4 Å². The minimum Gasteiger partial charge on any atom is -0.356 e. The van der Waals surface area contributed by atoms with Crippen molar-refractivity contribution < 1.29 is 0 Å². The van der Waals surface area contributed by atoms with Crippen LogP contribution in [-0.2, 0) is 0 Å². The molecule has 2 N–H and O–H groups in total. The molecule has 0 spiro atoms. The van der Waals surface area contributed by atoms with Crippen molar-refractivity contribution in [3.63, 3.8) is 0 Å². The molecule has 92 valence electrons. The number of rotatable bonds is 3. The molecule has 2 rings (SSSR count). The fraction of sp³-hybridized carbons (Fsp3) is 0.143. The number of hydrogen-bond acceptors (Lipinski definition) is 2. The van der Waals surface area contributed by atoms with Crippen LogP contribution in [0.15, 0.2) is 54.7 Å². The van der Waals surface area contributed by atoms with Crippen LogP contribution in [0.3, 0.4) is 0 Å². The van der Waals surface area contributed by atoms with Gasteiger partial charge in [0.1, 0.15) is 5.82 Å². The van der Waals surface area contributed by atoms with Crippen LogP contribution in [-0.4, -0.2) is 10.1 Å². The largest absolute Gasteiger partial charge is 0.356 e. The number of anilines is 1. The second kappa shape index (κ2) is 6.12. The zero-order valence-electron chi connectivity index (χ0n) is 10.1. The molecule has 18 heavy (non-hydrogen) atoms. The van der Waals surface area contributed by atoms with Gasteiger partial charge in [0.25, 0.3) is 0 Å². The van der Waals surface area contributed by atoms with Crippen LogP contribution in [0.4, 0.5) is 5.82 Å². The van der Waals surface area contributed by atoms with Crippen molar-refractivity contribution >= 4 is 23.1 Å². The lowest BCUT2D eigenvalue weighted by Crippen LogP contribution is -2.31. The highest BCUT2D eigenvalue weighted by atomic mass is 32.1. The summed E-state index contributed by atoms with van der Waals surface area (Å²) < 4.78 is 0. The highest BCUT2D eigenvalue weighted by Crippen LogP contribution is 2.11. The van der Waals surface area contributed by atoms with E-state index in [2.05, 4.69) is 34.7 Å². The third-order valence-electron chi connectivity index (χ3n) is 2.55. The normalized spacial score (nSPS) is 11.6. The van der Waals surface area contributed by atoms with Crippen molar-refractivity contribution in [2.75, 3.05) is 5.32 Å². The Labute approximate surface area is 112 Å². The quantitative estimate of drug-likeness (QED) is 0.828.